The van der Waals surface area contributed by atoms with E-state index in [-0.39, 0.29) is 23.5 Å². The number of carbonyl (C=O) groups excluding carboxylic acids is 1. The van der Waals surface area contributed by atoms with Gasteiger partial charge in [0.05, 0.1) is 5.56 Å². The van der Waals surface area contributed by atoms with Gasteiger partial charge in [-0.25, -0.2) is 14.0 Å². The van der Waals surface area contributed by atoms with Crippen LogP contribution in [-0.2, 0) is 0 Å². The fourth-order valence-corrected chi connectivity index (χ4v) is 6.52. The molecule has 4 saturated carbocycles. The molecule has 34 heavy (non-hydrogen) atoms. The van der Waals surface area contributed by atoms with E-state index in [4.69, 9.17) is 4.74 Å². The standard InChI is InChI=1S/C27H31FN2O4/c28-22-6-4-18(5-7-22)24(34-23-3-1-2-19(15-23)26(31)32)8-9-29-27(33)30-25-20-11-16-10-17(13-20)14-21(25)12-16/h1-7,15-17,20-21,24-25H,8-14H2,(H,31,32)(H2,29,30,33). The number of hydrogen-bond acceptors (Lipinski definition) is 3. The molecule has 2 aromatic rings. The van der Waals surface area contributed by atoms with Gasteiger partial charge in [-0.3, -0.25) is 0 Å². The van der Waals surface area contributed by atoms with Crippen LogP contribution in [0.25, 0.3) is 0 Å². The minimum Gasteiger partial charge on any atom is -0.486 e. The molecule has 6 rings (SSSR count). The van der Waals surface area contributed by atoms with E-state index < -0.39 is 12.1 Å². The number of benzene rings is 2. The van der Waals surface area contributed by atoms with Crippen molar-refractivity contribution in [3.63, 3.8) is 0 Å². The molecular weight excluding hydrogens is 435 g/mol. The van der Waals surface area contributed by atoms with E-state index in [1.807, 2.05) is 0 Å². The summed E-state index contributed by atoms with van der Waals surface area (Å²) in [5, 5.41) is 15.5. The van der Waals surface area contributed by atoms with E-state index in [1.165, 1.54) is 56.4 Å². The molecule has 4 aliphatic rings. The number of aromatic carboxylic acids is 1. The first-order chi connectivity index (χ1) is 16.4. The molecule has 1 atom stereocenters. The molecular formula is C27H31FN2O4. The van der Waals surface area contributed by atoms with Gasteiger partial charge in [0.2, 0.25) is 0 Å². The van der Waals surface area contributed by atoms with E-state index in [2.05, 4.69) is 10.6 Å². The van der Waals surface area contributed by atoms with E-state index in [0.717, 1.165) is 17.4 Å². The smallest absolute Gasteiger partial charge is 0.335 e. The van der Waals surface area contributed by atoms with Crippen molar-refractivity contribution in [2.24, 2.45) is 23.7 Å². The molecule has 180 valence electrons. The van der Waals surface area contributed by atoms with Crippen molar-refractivity contribution in [1.82, 2.24) is 10.6 Å². The van der Waals surface area contributed by atoms with Crippen LogP contribution in [0.5, 0.6) is 5.75 Å². The van der Waals surface area contributed by atoms with Crippen LogP contribution in [0.1, 0.15) is 60.6 Å². The lowest BCUT2D eigenvalue weighted by Crippen LogP contribution is -2.57. The third kappa shape index (κ3) is 5.03. The molecule has 7 heteroatoms. The van der Waals surface area contributed by atoms with Crippen molar-refractivity contribution >= 4 is 12.0 Å². The van der Waals surface area contributed by atoms with Gasteiger partial charge in [0.25, 0.3) is 0 Å². The predicted molar refractivity (Wildman–Crippen MR) is 125 cm³/mol. The van der Waals surface area contributed by atoms with Crippen molar-refractivity contribution in [3.05, 3.63) is 65.5 Å². The van der Waals surface area contributed by atoms with Gasteiger partial charge in [-0.05, 0) is 91.7 Å². The summed E-state index contributed by atoms with van der Waals surface area (Å²) >= 11 is 0. The lowest BCUT2D eigenvalue weighted by Gasteiger charge is -2.54. The van der Waals surface area contributed by atoms with Gasteiger partial charge in [-0.2, -0.15) is 0 Å². The Hall–Kier alpha value is -3.09. The number of carboxylic acids is 1. The third-order valence-corrected chi connectivity index (χ3v) is 7.82. The first-order valence-electron chi connectivity index (χ1n) is 12.2. The van der Waals surface area contributed by atoms with Crippen LogP contribution in [0.3, 0.4) is 0 Å². The molecule has 2 amide bonds. The molecule has 0 spiro atoms. The Morgan fingerprint density at radius 3 is 2.32 bits per heavy atom. The minimum atomic E-state index is -1.04. The Kier molecular flexibility index (Phi) is 6.44. The molecule has 0 heterocycles. The van der Waals surface area contributed by atoms with Crippen LogP contribution in [0, 0.1) is 29.5 Å². The Labute approximate surface area is 198 Å². The number of amides is 2. The maximum Gasteiger partial charge on any atom is 0.335 e. The normalized spacial score (nSPS) is 27.7. The van der Waals surface area contributed by atoms with Crippen molar-refractivity contribution in [2.75, 3.05) is 6.54 Å². The summed E-state index contributed by atoms with van der Waals surface area (Å²) in [6.45, 7) is 0.375. The monoisotopic (exact) mass is 466 g/mol. The molecule has 0 saturated heterocycles. The first kappa shape index (κ1) is 22.7. The second kappa shape index (κ2) is 9.65. The highest BCUT2D eigenvalue weighted by atomic mass is 19.1. The lowest BCUT2D eigenvalue weighted by molar-refractivity contribution is -0.00943. The zero-order valence-corrected chi connectivity index (χ0v) is 19.1. The predicted octanol–water partition coefficient (Wildman–Crippen LogP) is 5.16. The van der Waals surface area contributed by atoms with Crippen LogP contribution < -0.4 is 15.4 Å². The van der Waals surface area contributed by atoms with E-state index in [1.54, 1.807) is 24.3 Å². The molecule has 4 aliphatic carbocycles. The summed E-state index contributed by atoms with van der Waals surface area (Å²) in [4.78, 5) is 24.0. The quantitative estimate of drug-likeness (QED) is 0.502. The Morgan fingerprint density at radius 1 is 1.00 bits per heavy atom. The van der Waals surface area contributed by atoms with Crippen molar-refractivity contribution in [3.8, 4) is 5.75 Å². The molecule has 3 N–H and O–H groups in total. The molecule has 4 bridgehead atoms. The number of hydrogen-bond donors (Lipinski definition) is 3. The topological polar surface area (TPSA) is 87.7 Å². The largest absolute Gasteiger partial charge is 0.486 e. The maximum atomic E-state index is 13.5. The highest BCUT2D eigenvalue weighted by Crippen LogP contribution is 2.53. The molecule has 2 aromatic carbocycles. The summed E-state index contributed by atoms with van der Waals surface area (Å²) in [5.74, 6) is 1.97. The summed E-state index contributed by atoms with van der Waals surface area (Å²) in [5.41, 5.74) is 0.883. The number of halogens is 1. The van der Waals surface area contributed by atoms with Crippen molar-refractivity contribution in [2.45, 2.75) is 50.7 Å². The van der Waals surface area contributed by atoms with E-state index >= 15 is 0 Å². The van der Waals surface area contributed by atoms with Crippen LogP contribution in [-0.4, -0.2) is 29.7 Å². The second-order valence-corrected chi connectivity index (χ2v) is 10.1. The summed E-state index contributed by atoms with van der Waals surface area (Å²) in [7, 11) is 0. The molecule has 4 fully saturated rings. The SMILES string of the molecule is O=C(NCCC(Oc1cccc(C(=O)O)c1)c1ccc(F)cc1)NC1C2CC3CC(C2)CC1C3. The average molecular weight is 467 g/mol. The summed E-state index contributed by atoms with van der Waals surface area (Å²) in [6, 6.07) is 12.4. The fraction of sp³-hybridized carbons (Fsp3) is 0.481. The van der Waals surface area contributed by atoms with Gasteiger partial charge in [-0.15, -0.1) is 0 Å². The zero-order chi connectivity index (χ0) is 23.7. The number of urea groups is 1. The fourth-order valence-electron chi connectivity index (χ4n) is 6.52. The van der Waals surface area contributed by atoms with E-state index in [0.29, 0.717) is 30.6 Å². The van der Waals surface area contributed by atoms with Crippen LogP contribution in [0.4, 0.5) is 9.18 Å². The minimum absolute atomic E-state index is 0.128. The highest BCUT2D eigenvalue weighted by Gasteiger charge is 2.48. The third-order valence-electron chi connectivity index (χ3n) is 7.82. The number of carbonyl (C=O) groups is 2. The van der Waals surface area contributed by atoms with Gasteiger partial charge in [0, 0.05) is 19.0 Å². The van der Waals surface area contributed by atoms with Crippen LogP contribution >= 0.6 is 0 Å². The molecule has 0 aromatic heterocycles. The Morgan fingerprint density at radius 2 is 1.68 bits per heavy atom. The van der Waals surface area contributed by atoms with Crippen LogP contribution in [0.15, 0.2) is 48.5 Å². The van der Waals surface area contributed by atoms with Crippen LogP contribution in [0.2, 0.25) is 0 Å². The van der Waals surface area contributed by atoms with Gasteiger partial charge >= 0.3 is 12.0 Å². The molecule has 0 radical (unpaired) electrons. The number of rotatable bonds is 8. The first-order valence-corrected chi connectivity index (χ1v) is 12.2. The lowest BCUT2D eigenvalue weighted by atomic mass is 9.54. The van der Waals surface area contributed by atoms with E-state index in [9.17, 15) is 19.1 Å². The van der Waals surface area contributed by atoms with Gasteiger partial charge in [0.1, 0.15) is 17.7 Å². The zero-order valence-electron chi connectivity index (χ0n) is 19.1. The molecule has 0 aliphatic heterocycles. The maximum absolute atomic E-state index is 13.5. The highest BCUT2D eigenvalue weighted by molar-refractivity contribution is 5.88. The van der Waals surface area contributed by atoms with Gasteiger partial charge < -0.3 is 20.5 Å². The molecule has 6 nitrogen and oxygen atoms in total. The average Bonchev–Trinajstić information content (AvgIpc) is 2.81. The van der Waals surface area contributed by atoms with Gasteiger partial charge in [0.15, 0.2) is 0 Å². The van der Waals surface area contributed by atoms with Gasteiger partial charge in [-0.1, -0.05) is 18.2 Å². The Bertz CT molecular complexity index is 1010. The number of ether oxygens (including phenoxy) is 1. The van der Waals surface area contributed by atoms with Crippen molar-refractivity contribution < 1.29 is 23.8 Å². The number of nitrogens with one attached hydrogen (secondary N) is 2. The van der Waals surface area contributed by atoms with Crippen molar-refractivity contribution in [1.29, 1.82) is 0 Å². The second-order valence-electron chi connectivity index (χ2n) is 10.1. The number of carboxylic acid groups (broad SMARTS) is 1. The summed E-state index contributed by atoms with van der Waals surface area (Å²) in [6.07, 6.45) is 6.35. The molecule has 1 unspecified atom stereocenters. The summed E-state index contributed by atoms with van der Waals surface area (Å²) < 4.78 is 19.5. The Balaban J connectivity index is 1.19.